The fraction of sp³-hybridized carbons (Fsp3) is 0.600. The predicted octanol–water partition coefficient (Wildman–Crippen LogP) is 2.77. The number of anilines is 1. The van der Waals surface area contributed by atoms with E-state index in [1.807, 2.05) is 11.8 Å². The van der Waals surface area contributed by atoms with E-state index in [1.54, 1.807) is 0 Å². The maximum atomic E-state index is 9.39. The molecule has 1 aliphatic heterocycles. The number of pyridine rings is 1. The zero-order valence-corrected chi connectivity index (χ0v) is 12.2. The van der Waals surface area contributed by atoms with E-state index in [1.165, 1.54) is 36.3 Å². The first kappa shape index (κ1) is 12.8. The van der Waals surface area contributed by atoms with Crippen LogP contribution in [0.15, 0.2) is 6.07 Å². The van der Waals surface area contributed by atoms with Crippen LogP contribution in [-0.2, 0) is 12.8 Å². The van der Waals surface area contributed by atoms with Gasteiger partial charge in [-0.25, -0.2) is 4.98 Å². The first-order valence-corrected chi connectivity index (χ1v) is 8.18. The molecular formula is C15H19N3S. The Bertz CT molecular complexity index is 515. The van der Waals surface area contributed by atoms with Gasteiger partial charge in [-0.1, -0.05) is 0 Å². The fourth-order valence-electron chi connectivity index (χ4n) is 2.97. The van der Waals surface area contributed by atoms with Gasteiger partial charge in [0.05, 0.1) is 5.56 Å². The Hall–Kier alpha value is -1.21. The van der Waals surface area contributed by atoms with Gasteiger partial charge in [-0.3, -0.25) is 0 Å². The maximum Gasteiger partial charge on any atom is 0.146 e. The predicted molar refractivity (Wildman–Crippen MR) is 79.7 cm³/mol. The lowest BCUT2D eigenvalue weighted by Crippen LogP contribution is -2.33. The van der Waals surface area contributed by atoms with Gasteiger partial charge in [0.1, 0.15) is 11.9 Å². The molecule has 0 bridgehead atoms. The molecular weight excluding hydrogens is 254 g/mol. The highest BCUT2D eigenvalue weighted by molar-refractivity contribution is 7.99. The van der Waals surface area contributed by atoms with Crippen molar-refractivity contribution in [2.45, 2.75) is 38.1 Å². The molecule has 100 valence electrons. The van der Waals surface area contributed by atoms with Crippen LogP contribution in [0.2, 0.25) is 0 Å². The number of hydrogen-bond donors (Lipinski definition) is 0. The van der Waals surface area contributed by atoms with Crippen LogP contribution in [-0.4, -0.2) is 29.6 Å². The second kappa shape index (κ2) is 5.42. The van der Waals surface area contributed by atoms with Crippen molar-refractivity contribution in [3.63, 3.8) is 0 Å². The lowest BCUT2D eigenvalue weighted by atomic mass is 9.94. The maximum absolute atomic E-state index is 9.39. The van der Waals surface area contributed by atoms with Crippen molar-refractivity contribution in [3.05, 3.63) is 22.9 Å². The van der Waals surface area contributed by atoms with Crippen LogP contribution in [0.4, 0.5) is 5.82 Å². The third-order valence-corrected chi connectivity index (χ3v) is 5.33. The van der Waals surface area contributed by atoms with E-state index < -0.39 is 0 Å². The molecule has 1 atom stereocenters. The van der Waals surface area contributed by atoms with Crippen molar-refractivity contribution in [1.82, 2.24) is 4.98 Å². The minimum Gasteiger partial charge on any atom is -0.355 e. The number of aryl methyl sites for hydroxylation is 2. The van der Waals surface area contributed by atoms with Gasteiger partial charge < -0.3 is 4.90 Å². The molecule has 1 unspecified atom stereocenters. The third kappa shape index (κ3) is 2.44. The number of nitriles is 1. The molecule has 4 heteroatoms. The zero-order chi connectivity index (χ0) is 13.2. The topological polar surface area (TPSA) is 39.9 Å². The highest BCUT2D eigenvalue weighted by Gasteiger charge is 2.24. The van der Waals surface area contributed by atoms with Gasteiger partial charge in [-0.05, 0) is 49.5 Å². The number of rotatable bonds is 2. The summed E-state index contributed by atoms with van der Waals surface area (Å²) in [5.41, 5.74) is 3.26. The number of aromatic nitrogens is 1. The summed E-state index contributed by atoms with van der Waals surface area (Å²) in [7, 11) is 2.09. The molecule has 1 aromatic heterocycles. The van der Waals surface area contributed by atoms with E-state index >= 15 is 0 Å². The van der Waals surface area contributed by atoms with Gasteiger partial charge in [0.2, 0.25) is 0 Å². The van der Waals surface area contributed by atoms with E-state index in [4.69, 9.17) is 4.98 Å². The average molecular weight is 273 g/mol. The molecule has 1 fully saturated rings. The Morgan fingerprint density at radius 3 is 3.00 bits per heavy atom. The van der Waals surface area contributed by atoms with E-state index in [-0.39, 0.29) is 0 Å². The summed E-state index contributed by atoms with van der Waals surface area (Å²) in [5, 5.41) is 9.39. The van der Waals surface area contributed by atoms with E-state index in [2.05, 4.69) is 24.1 Å². The van der Waals surface area contributed by atoms with Gasteiger partial charge in [0.15, 0.2) is 0 Å². The van der Waals surface area contributed by atoms with Crippen molar-refractivity contribution >= 4 is 17.6 Å². The minimum atomic E-state index is 0.534. The second-order valence-electron chi connectivity index (χ2n) is 5.41. The number of hydrogen-bond acceptors (Lipinski definition) is 4. The fourth-order valence-corrected chi connectivity index (χ4v) is 4.24. The summed E-state index contributed by atoms with van der Waals surface area (Å²) in [6, 6.07) is 4.95. The van der Waals surface area contributed by atoms with Gasteiger partial charge in [0.25, 0.3) is 0 Å². The molecule has 0 N–H and O–H groups in total. The Balaban J connectivity index is 1.97. The smallest absolute Gasteiger partial charge is 0.146 e. The lowest BCUT2D eigenvalue weighted by molar-refractivity contribution is 0.654. The van der Waals surface area contributed by atoms with Crippen LogP contribution >= 0.6 is 11.8 Å². The number of thioether (sulfide) groups is 1. The molecule has 0 radical (unpaired) electrons. The van der Waals surface area contributed by atoms with E-state index in [9.17, 15) is 5.26 Å². The molecule has 19 heavy (non-hydrogen) atoms. The molecule has 0 aromatic carbocycles. The highest BCUT2D eigenvalue weighted by atomic mass is 32.2. The van der Waals surface area contributed by atoms with E-state index in [0.717, 1.165) is 30.0 Å². The summed E-state index contributed by atoms with van der Waals surface area (Å²) in [5.74, 6) is 3.28. The normalized spacial score (nSPS) is 21.8. The van der Waals surface area contributed by atoms with Crippen molar-refractivity contribution in [1.29, 1.82) is 5.26 Å². The second-order valence-corrected chi connectivity index (χ2v) is 6.56. The van der Waals surface area contributed by atoms with Crippen LogP contribution in [0, 0.1) is 11.3 Å². The third-order valence-electron chi connectivity index (χ3n) is 4.19. The number of nitrogens with zero attached hydrogens (tertiary/aromatic N) is 3. The summed E-state index contributed by atoms with van der Waals surface area (Å²) < 4.78 is 0. The average Bonchev–Trinajstić information content (AvgIpc) is 2.99. The first-order valence-electron chi connectivity index (χ1n) is 7.03. The van der Waals surface area contributed by atoms with Crippen molar-refractivity contribution in [3.8, 4) is 6.07 Å². The molecule has 1 aliphatic carbocycles. The molecule has 3 rings (SSSR count). The first-order chi connectivity index (χ1) is 9.29. The molecule has 1 saturated heterocycles. The standard InChI is InChI=1S/C15H19N3S/c1-18(13-6-7-19-10-13)15-12(9-16)8-11-4-2-3-5-14(11)17-15/h8,13H,2-7,10H2,1H3. The number of fused-ring (bicyclic) bond motifs is 1. The van der Waals surface area contributed by atoms with Crippen LogP contribution in [0.1, 0.15) is 36.1 Å². The molecule has 3 nitrogen and oxygen atoms in total. The summed E-state index contributed by atoms with van der Waals surface area (Å²) in [6.07, 6.45) is 5.81. The molecule has 0 amide bonds. The summed E-state index contributed by atoms with van der Waals surface area (Å²) in [4.78, 5) is 7.05. The van der Waals surface area contributed by atoms with Crippen LogP contribution in [0.25, 0.3) is 0 Å². The zero-order valence-electron chi connectivity index (χ0n) is 11.4. The Kier molecular flexibility index (Phi) is 3.65. The highest BCUT2D eigenvalue weighted by Crippen LogP contribution is 2.30. The quantitative estimate of drug-likeness (QED) is 0.830. The monoisotopic (exact) mass is 273 g/mol. The minimum absolute atomic E-state index is 0.534. The van der Waals surface area contributed by atoms with Crippen molar-refractivity contribution in [2.75, 3.05) is 23.5 Å². The van der Waals surface area contributed by atoms with Crippen molar-refractivity contribution in [2.24, 2.45) is 0 Å². The summed E-state index contributed by atoms with van der Waals surface area (Å²) >= 11 is 2.00. The molecule has 0 saturated carbocycles. The van der Waals surface area contributed by atoms with Crippen LogP contribution < -0.4 is 4.90 Å². The van der Waals surface area contributed by atoms with Crippen LogP contribution in [0.3, 0.4) is 0 Å². The van der Waals surface area contributed by atoms with Gasteiger partial charge in [-0.15, -0.1) is 0 Å². The largest absolute Gasteiger partial charge is 0.355 e. The van der Waals surface area contributed by atoms with Crippen molar-refractivity contribution < 1.29 is 0 Å². The Morgan fingerprint density at radius 2 is 2.26 bits per heavy atom. The van der Waals surface area contributed by atoms with Gasteiger partial charge in [0, 0.05) is 24.5 Å². The Morgan fingerprint density at radius 1 is 1.42 bits per heavy atom. The van der Waals surface area contributed by atoms with Gasteiger partial charge >= 0.3 is 0 Å². The van der Waals surface area contributed by atoms with Crippen LogP contribution in [0.5, 0.6) is 0 Å². The SMILES string of the molecule is CN(c1nc2c(cc1C#N)CCCC2)C1CCSC1. The molecule has 2 heterocycles. The molecule has 2 aliphatic rings. The molecule has 1 aromatic rings. The van der Waals surface area contributed by atoms with Gasteiger partial charge in [-0.2, -0.15) is 17.0 Å². The van der Waals surface area contributed by atoms with E-state index in [0.29, 0.717) is 6.04 Å². The lowest BCUT2D eigenvalue weighted by Gasteiger charge is -2.27. The summed E-state index contributed by atoms with van der Waals surface area (Å²) in [6.45, 7) is 0. The Labute approximate surface area is 119 Å². The molecule has 0 spiro atoms.